The number of pyridine rings is 2. The maximum Gasteiger partial charge on any atom is 0.147 e. The highest BCUT2D eigenvalue weighted by atomic mass is 32.1. The molecule has 0 aliphatic heterocycles. The lowest BCUT2D eigenvalue weighted by atomic mass is 10.0. The van der Waals surface area contributed by atoms with Gasteiger partial charge in [-0.05, 0) is 44.2 Å². The fourth-order valence-electron chi connectivity index (χ4n) is 3.06. The number of nitrogens with one attached hydrogen (secondary N) is 1. The maximum absolute atomic E-state index is 10.9. The SMILES string of the molecule is Cc1cccc(NC(c2ccc(C)s2)c2ccc3cccnc3c2O)n1. The third-order valence-electron chi connectivity index (χ3n) is 4.32. The minimum atomic E-state index is -0.200. The number of fused-ring (bicyclic) bond motifs is 1. The summed E-state index contributed by atoms with van der Waals surface area (Å²) in [6.45, 7) is 4.05. The van der Waals surface area contributed by atoms with Crippen LogP contribution in [-0.2, 0) is 0 Å². The number of thiophene rings is 1. The number of nitrogens with zero attached hydrogens (tertiary/aromatic N) is 2. The zero-order valence-electron chi connectivity index (χ0n) is 14.6. The van der Waals surface area contributed by atoms with Gasteiger partial charge in [0.1, 0.15) is 17.1 Å². The van der Waals surface area contributed by atoms with Gasteiger partial charge in [0, 0.05) is 32.6 Å². The van der Waals surface area contributed by atoms with Gasteiger partial charge in [-0.2, -0.15) is 0 Å². The van der Waals surface area contributed by atoms with Crippen molar-refractivity contribution in [2.24, 2.45) is 0 Å². The van der Waals surface area contributed by atoms with Crippen LogP contribution in [0.2, 0.25) is 0 Å². The Hall–Kier alpha value is -2.92. The lowest BCUT2D eigenvalue weighted by Gasteiger charge is -2.20. The van der Waals surface area contributed by atoms with Crippen LogP contribution in [0.15, 0.2) is 60.8 Å². The van der Waals surface area contributed by atoms with E-state index in [4.69, 9.17) is 0 Å². The number of rotatable bonds is 4. The molecule has 130 valence electrons. The lowest BCUT2D eigenvalue weighted by molar-refractivity contribution is 0.472. The molecule has 0 spiro atoms. The molecule has 4 rings (SSSR count). The highest BCUT2D eigenvalue weighted by molar-refractivity contribution is 7.12. The molecule has 5 heteroatoms. The van der Waals surface area contributed by atoms with Crippen molar-refractivity contribution in [3.8, 4) is 5.75 Å². The van der Waals surface area contributed by atoms with E-state index in [0.29, 0.717) is 5.52 Å². The lowest BCUT2D eigenvalue weighted by Crippen LogP contribution is -2.12. The van der Waals surface area contributed by atoms with Crippen LogP contribution in [0.3, 0.4) is 0 Å². The Morgan fingerprint density at radius 3 is 2.65 bits per heavy atom. The standard InChI is InChI=1S/C21H19N3OS/c1-13-5-3-7-18(23-13)24-20(17-11-8-14(2)26-17)16-10-9-15-6-4-12-22-19(15)21(16)25/h3-12,20,25H,1-2H3,(H,23,24). The largest absolute Gasteiger partial charge is 0.505 e. The summed E-state index contributed by atoms with van der Waals surface area (Å²) in [4.78, 5) is 11.3. The fourth-order valence-corrected chi connectivity index (χ4v) is 4.01. The van der Waals surface area contributed by atoms with Crippen molar-refractivity contribution in [2.45, 2.75) is 19.9 Å². The van der Waals surface area contributed by atoms with Crippen molar-refractivity contribution >= 4 is 28.1 Å². The van der Waals surface area contributed by atoms with Crippen LogP contribution in [0, 0.1) is 13.8 Å². The van der Waals surface area contributed by atoms with Crippen molar-refractivity contribution in [1.29, 1.82) is 0 Å². The fraction of sp³-hybridized carbons (Fsp3) is 0.143. The molecular formula is C21H19N3OS. The number of aryl methyl sites for hydroxylation is 2. The van der Waals surface area contributed by atoms with Gasteiger partial charge in [0.2, 0.25) is 0 Å². The van der Waals surface area contributed by atoms with Crippen molar-refractivity contribution in [3.05, 3.63) is 81.8 Å². The number of benzene rings is 1. The van der Waals surface area contributed by atoms with Crippen LogP contribution in [0.4, 0.5) is 5.82 Å². The van der Waals surface area contributed by atoms with Gasteiger partial charge >= 0.3 is 0 Å². The smallest absolute Gasteiger partial charge is 0.147 e. The van der Waals surface area contributed by atoms with E-state index in [2.05, 4.69) is 34.3 Å². The first-order valence-electron chi connectivity index (χ1n) is 8.45. The number of aromatic nitrogens is 2. The number of hydrogen-bond donors (Lipinski definition) is 2. The minimum absolute atomic E-state index is 0.200. The molecule has 0 bridgehead atoms. The third-order valence-corrected chi connectivity index (χ3v) is 5.38. The van der Waals surface area contributed by atoms with Crippen LogP contribution >= 0.6 is 11.3 Å². The topological polar surface area (TPSA) is 58.0 Å². The number of anilines is 1. The molecule has 3 aromatic heterocycles. The summed E-state index contributed by atoms with van der Waals surface area (Å²) in [7, 11) is 0. The summed E-state index contributed by atoms with van der Waals surface area (Å²) in [6.07, 6.45) is 1.70. The van der Waals surface area contributed by atoms with Gasteiger partial charge in [-0.25, -0.2) is 4.98 Å². The van der Waals surface area contributed by atoms with Crippen LogP contribution < -0.4 is 5.32 Å². The molecule has 26 heavy (non-hydrogen) atoms. The van der Waals surface area contributed by atoms with E-state index < -0.39 is 0 Å². The summed E-state index contributed by atoms with van der Waals surface area (Å²) in [5, 5.41) is 15.3. The predicted octanol–water partition coefficient (Wildman–Crippen LogP) is 5.22. The molecule has 4 aromatic rings. The third kappa shape index (κ3) is 3.13. The molecule has 2 N–H and O–H groups in total. The molecule has 1 aromatic carbocycles. The van der Waals surface area contributed by atoms with E-state index >= 15 is 0 Å². The zero-order valence-corrected chi connectivity index (χ0v) is 15.4. The average molecular weight is 361 g/mol. The van der Waals surface area contributed by atoms with Gasteiger partial charge in [0.05, 0.1) is 6.04 Å². The normalized spacial score (nSPS) is 12.2. The summed E-state index contributed by atoms with van der Waals surface area (Å²) in [6, 6.07) is 17.6. The van der Waals surface area contributed by atoms with E-state index in [1.165, 1.54) is 4.88 Å². The molecule has 0 fully saturated rings. The van der Waals surface area contributed by atoms with E-state index in [1.807, 2.05) is 49.4 Å². The van der Waals surface area contributed by atoms with Gasteiger partial charge in [-0.1, -0.05) is 24.3 Å². The van der Waals surface area contributed by atoms with Crippen LogP contribution in [0.1, 0.15) is 27.1 Å². The van der Waals surface area contributed by atoms with Crippen molar-refractivity contribution < 1.29 is 5.11 Å². The number of phenolic OH excluding ortho intramolecular Hbond substituents is 1. The highest BCUT2D eigenvalue weighted by Crippen LogP contribution is 2.38. The molecule has 1 atom stereocenters. The summed E-state index contributed by atoms with van der Waals surface area (Å²) >= 11 is 1.71. The molecule has 1 unspecified atom stereocenters. The molecule has 0 saturated heterocycles. The van der Waals surface area contributed by atoms with Crippen LogP contribution in [-0.4, -0.2) is 15.1 Å². The molecule has 0 saturated carbocycles. The molecule has 0 radical (unpaired) electrons. The quantitative estimate of drug-likeness (QED) is 0.523. The Bertz CT molecular complexity index is 1070. The summed E-state index contributed by atoms with van der Waals surface area (Å²) < 4.78 is 0. The average Bonchev–Trinajstić information content (AvgIpc) is 3.07. The molecule has 0 amide bonds. The number of aromatic hydroxyl groups is 1. The van der Waals surface area contributed by atoms with Gasteiger partial charge in [-0.15, -0.1) is 11.3 Å². The second-order valence-corrected chi connectivity index (χ2v) is 7.59. The molecule has 0 aliphatic rings. The molecule has 3 heterocycles. The summed E-state index contributed by atoms with van der Waals surface area (Å²) in [5.74, 6) is 0.987. The maximum atomic E-state index is 10.9. The van der Waals surface area contributed by atoms with Crippen LogP contribution in [0.5, 0.6) is 5.75 Å². The first kappa shape index (κ1) is 16.5. The van der Waals surface area contributed by atoms with Gasteiger partial charge in [-0.3, -0.25) is 4.98 Å². The Balaban J connectivity index is 1.84. The Labute approximate surface area is 156 Å². The van der Waals surface area contributed by atoms with E-state index in [9.17, 15) is 5.11 Å². The van der Waals surface area contributed by atoms with Crippen molar-refractivity contribution in [1.82, 2.24) is 9.97 Å². The second-order valence-electron chi connectivity index (χ2n) is 6.27. The molecule has 0 aliphatic carbocycles. The molecular weight excluding hydrogens is 342 g/mol. The first-order chi connectivity index (χ1) is 12.6. The van der Waals surface area contributed by atoms with E-state index in [1.54, 1.807) is 17.5 Å². The van der Waals surface area contributed by atoms with Crippen LogP contribution in [0.25, 0.3) is 10.9 Å². The van der Waals surface area contributed by atoms with Crippen molar-refractivity contribution in [2.75, 3.05) is 5.32 Å². The van der Waals surface area contributed by atoms with E-state index in [0.717, 1.165) is 27.3 Å². The Morgan fingerprint density at radius 2 is 1.88 bits per heavy atom. The second kappa shape index (κ2) is 6.77. The van der Waals surface area contributed by atoms with Gasteiger partial charge < -0.3 is 10.4 Å². The summed E-state index contributed by atoms with van der Waals surface area (Å²) in [5.41, 5.74) is 2.35. The monoisotopic (exact) mass is 361 g/mol. The Morgan fingerprint density at radius 1 is 1.00 bits per heavy atom. The highest BCUT2D eigenvalue weighted by Gasteiger charge is 2.21. The number of phenols is 1. The zero-order chi connectivity index (χ0) is 18.1. The minimum Gasteiger partial charge on any atom is -0.505 e. The van der Waals surface area contributed by atoms with Gasteiger partial charge in [0.15, 0.2) is 0 Å². The Kier molecular flexibility index (Phi) is 4.31. The van der Waals surface area contributed by atoms with Crippen molar-refractivity contribution in [3.63, 3.8) is 0 Å². The number of hydrogen-bond acceptors (Lipinski definition) is 5. The predicted molar refractivity (Wildman–Crippen MR) is 107 cm³/mol. The molecule has 4 nitrogen and oxygen atoms in total. The van der Waals surface area contributed by atoms with Gasteiger partial charge in [0.25, 0.3) is 0 Å². The first-order valence-corrected chi connectivity index (χ1v) is 9.26. The van der Waals surface area contributed by atoms with E-state index in [-0.39, 0.29) is 11.8 Å².